The largest absolute Gasteiger partial charge is 0.379 e. The zero-order valence-corrected chi connectivity index (χ0v) is 17.7. The van der Waals surface area contributed by atoms with E-state index in [9.17, 15) is 4.39 Å². The summed E-state index contributed by atoms with van der Waals surface area (Å²) in [4.78, 5) is 4.50. The van der Waals surface area contributed by atoms with Crippen molar-refractivity contribution in [2.24, 2.45) is 4.99 Å². The molecular formula is C19H29FIN3O2. The zero-order chi connectivity index (χ0) is 17.6. The predicted octanol–water partition coefficient (Wildman–Crippen LogP) is 3.05. The standard InChI is InChI=1S/C19H28FN3O2.HI/c1-3-21-19(22-13(2)11-25-14-8-9-24-12-14)23-18-10-16(18)15-6-4-5-7-17(15)20;/h4-7,13-14,16,18H,3,8-12H2,1-2H3,(H2,21,22,23);1H. The quantitative estimate of drug-likeness (QED) is 0.360. The van der Waals surface area contributed by atoms with Crippen molar-refractivity contribution >= 4 is 29.9 Å². The number of aliphatic imine (C=N–C) groups is 1. The summed E-state index contributed by atoms with van der Waals surface area (Å²) in [6, 6.07) is 7.38. The average Bonchev–Trinajstić information content (AvgIpc) is 3.14. The number of hydrogen-bond acceptors (Lipinski definition) is 3. The Morgan fingerprint density at radius 3 is 2.92 bits per heavy atom. The smallest absolute Gasteiger partial charge is 0.191 e. The molecule has 2 fully saturated rings. The van der Waals surface area contributed by atoms with E-state index in [1.54, 1.807) is 6.07 Å². The Labute approximate surface area is 172 Å². The number of benzene rings is 1. The molecule has 1 aliphatic heterocycles. The lowest BCUT2D eigenvalue weighted by molar-refractivity contribution is 0.0347. The first kappa shape index (κ1) is 21.4. The van der Waals surface area contributed by atoms with Gasteiger partial charge in [-0.3, -0.25) is 4.99 Å². The van der Waals surface area contributed by atoms with Crippen molar-refractivity contribution in [1.82, 2.24) is 10.6 Å². The van der Waals surface area contributed by atoms with Crippen LogP contribution in [0.4, 0.5) is 4.39 Å². The molecule has 4 atom stereocenters. The van der Waals surface area contributed by atoms with Gasteiger partial charge in [0.2, 0.25) is 0 Å². The second-order valence-corrected chi connectivity index (χ2v) is 6.80. The highest BCUT2D eigenvalue weighted by molar-refractivity contribution is 14.0. The Balaban J connectivity index is 0.00000243. The third kappa shape index (κ3) is 6.06. The van der Waals surface area contributed by atoms with Crippen LogP contribution in [0.3, 0.4) is 0 Å². The van der Waals surface area contributed by atoms with E-state index in [-0.39, 0.29) is 53.9 Å². The molecule has 5 nitrogen and oxygen atoms in total. The van der Waals surface area contributed by atoms with Gasteiger partial charge in [-0.2, -0.15) is 0 Å². The summed E-state index contributed by atoms with van der Waals surface area (Å²) in [6.07, 6.45) is 2.10. The summed E-state index contributed by atoms with van der Waals surface area (Å²) in [6.45, 7) is 6.85. The van der Waals surface area contributed by atoms with Gasteiger partial charge in [-0.1, -0.05) is 18.2 Å². The van der Waals surface area contributed by atoms with E-state index >= 15 is 0 Å². The molecule has 0 amide bonds. The van der Waals surface area contributed by atoms with Crippen molar-refractivity contribution in [3.63, 3.8) is 0 Å². The highest BCUT2D eigenvalue weighted by Crippen LogP contribution is 2.41. The molecule has 0 spiro atoms. The van der Waals surface area contributed by atoms with Crippen molar-refractivity contribution in [3.05, 3.63) is 35.6 Å². The number of halogens is 2. The Morgan fingerprint density at radius 1 is 1.42 bits per heavy atom. The summed E-state index contributed by atoms with van der Waals surface area (Å²) in [5.41, 5.74) is 0.786. The lowest BCUT2D eigenvalue weighted by Gasteiger charge is -2.20. The first-order valence-electron chi connectivity index (χ1n) is 9.18. The van der Waals surface area contributed by atoms with E-state index in [1.165, 1.54) is 6.07 Å². The Morgan fingerprint density at radius 2 is 2.23 bits per heavy atom. The van der Waals surface area contributed by atoms with Crippen LogP contribution < -0.4 is 10.6 Å². The molecule has 2 N–H and O–H groups in total. The number of nitrogens with one attached hydrogen (secondary N) is 2. The van der Waals surface area contributed by atoms with Gasteiger partial charge in [-0.05, 0) is 38.3 Å². The number of guanidine groups is 1. The van der Waals surface area contributed by atoms with Gasteiger partial charge in [-0.25, -0.2) is 4.39 Å². The molecule has 7 heteroatoms. The van der Waals surface area contributed by atoms with Crippen LogP contribution >= 0.6 is 24.0 Å². The number of rotatable bonds is 7. The number of hydrogen-bond donors (Lipinski definition) is 2. The fraction of sp³-hybridized carbons (Fsp3) is 0.632. The molecule has 0 aromatic heterocycles. The van der Waals surface area contributed by atoms with Crippen LogP contribution in [0.5, 0.6) is 0 Å². The monoisotopic (exact) mass is 477 g/mol. The topological polar surface area (TPSA) is 54.9 Å². The molecule has 3 rings (SSSR count). The predicted molar refractivity (Wildman–Crippen MR) is 112 cm³/mol. The van der Waals surface area contributed by atoms with Crippen LogP contribution in [0.25, 0.3) is 0 Å². The molecule has 1 aromatic carbocycles. The molecule has 0 bridgehead atoms. The van der Waals surface area contributed by atoms with Gasteiger partial charge in [0.1, 0.15) is 5.82 Å². The first-order chi connectivity index (χ1) is 12.2. The maximum Gasteiger partial charge on any atom is 0.191 e. The minimum absolute atomic E-state index is 0. The number of ether oxygens (including phenoxy) is 2. The zero-order valence-electron chi connectivity index (χ0n) is 15.4. The fourth-order valence-electron chi connectivity index (χ4n) is 3.14. The van der Waals surface area contributed by atoms with Crippen molar-refractivity contribution in [3.8, 4) is 0 Å². The van der Waals surface area contributed by atoms with E-state index in [2.05, 4.69) is 22.5 Å². The lowest BCUT2D eigenvalue weighted by Crippen LogP contribution is -2.45. The van der Waals surface area contributed by atoms with E-state index in [0.717, 1.165) is 31.0 Å². The van der Waals surface area contributed by atoms with Crippen LogP contribution in [-0.2, 0) is 9.47 Å². The molecule has 2 aliphatic rings. The van der Waals surface area contributed by atoms with Crippen LogP contribution in [0.2, 0.25) is 0 Å². The minimum atomic E-state index is -0.126. The summed E-state index contributed by atoms with van der Waals surface area (Å²) >= 11 is 0. The molecule has 1 aliphatic carbocycles. The van der Waals surface area contributed by atoms with Crippen molar-refractivity contribution in [2.75, 3.05) is 26.4 Å². The maximum absolute atomic E-state index is 13.9. The van der Waals surface area contributed by atoms with E-state index in [0.29, 0.717) is 19.8 Å². The molecule has 1 saturated heterocycles. The molecule has 1 heterocycles. The molecule has 0 radical (unpaired) electrons. The molecule has 1 aromatic rings. The van der Waals surface area contributed by atoms with Crippen molar-refractivity contribution in [2.45, 2.75) is 50.8 Å². The Bertz CT molecular complexity index is 596. The van der Waals surface area contributed by atoms with Gasteiger partial charge in [0.25, 0.3) is 0 Å². The maximum atomic E-state index is 13.9. The van der Waals surface area contributed by atoms with Crippen LogP contribution in [0, 0.1) is 5.82 Å². The van der Waals surface area contributed by atoms with Crippen LogP contribution in [0.15, 0.2) is 29.3 Å². The highest BCUT2D eigenvalue weighted by atomic mass is 127. The van der Waals surface area contributed by atoms with Gasteiger partial charge >= 0.3 is 0 Å². The summed E-state index contributed by atoms with van der Waals surface area (Å²) in [7, 11) is 0. The third-order valence-electron chi connectivity index (χ3n) is 4.59. The highest BCUT2D eigenvalue weighted by Gasteiger charge is 2.40. The molecule has 1 saturated carbocycles. The Hall–Kier alpha value is -0.930. The molecule has 146 valence electrons. The fourth-order valence-corrected chi connectivity index (χ4v) is 3.14. The third-order valence-corrected chi connectivity index (χ3v) is 4.59. The van der Waals surface area contributed by atoms with Gasteiger partial charge in [-0.15, -0.1) is 24.0 Å². The van der Waals surface area contributed by atoms with E-state index in [1.807, 2.05) is 19.1 Å². The second-order valence-electron chi connectivity index (χ2n) is 6.80. The molecule has 4 unspecified atom stereocenters. The van der Waals surface area contributed by atoms with Gasteiger partial charge in [0.05, 0.1) is 19.3 Å². The SMILES string of the molecule is CCN=C(NC(C)COC1CCOC1)NC1CC1c1ccccc1F.I. The number of nitrogens with zero attached hydrogens (tertiary/aromatic N) is 1. The van der Waals surface area contributed by atoms with Gasteiger partial charge in [0, 0.05) is 31.2 Å². The average molecular weight is 477 g/mol. The van der Waals surface area contributed by atoms with Crippen molar-refractivity contribution < 1.29 is 13.9 Å². The molecule has 26 heavy (non-hydrogen) atoms. The summed E-state index contributed by atoms with van der Waals surface area (Å²) in [5.74, 6) is 0.858. The van der Waals surface area contributed by atoms with E-state index in [4.69, 9.17) is 9.47 Å². The first-order valence-corrected chi connectivity index (χ1v) is 9.18. The van der Waals surface area contributed by atoms with Gasteiger partial charge < -0.3 is 20.1 Å². The Kier molecular flexibility index (Phi) is 8.56. The summed E-state index contributed by atoms with van der Waals surface area (Å²) < 4.78 is 25.1. The lowest BCUT2D eigenvalue weighted by atomic mass is 10.1. The normalized spacial score (nSPS) is 26.1. The second kappa shape index (κ2) is 10.4. The van der Waals surface area contributed by atoms with E-state index < -0.39 is 0 Å². The van der Waals surface area contributed by atoms with Crippen LogP contribution in [0.1, 0.15) is 38.2 Å². The van der Waals surface area contributed by atoms with Crippen LogP contribution in [-0.4, -0.2) is 50.5 Å². The molecular weight excluding hydrogens is 448 g/mol. The van der Waals surface area contributed by atoms with Crippen molar-refractivity contribution in [1.29, 1.82) is 0 Å². The summed E-state index contributed by atoms with van der Waals surface area (Å²) in [5, 5.41) is 6.80. The minimum Gasteiger partial charge on any atom is -0.379 e. The van der Waals surface area contributed by atoms with Gasteiger partial charge in [0.15, 0.2) is 5.96 Å².